The molecule has 2 aromatic heterocycles. The molecule has 0 unspecified atom stereocenters. The van der Waals surface area contributed by atoms with Crippen molar-refractivity contribution >= 4 is 11.5 Å². The largest absolute Gasteiger partial charge is 0.370 e. The van der Waals surface area contributed by atoms with E-state index in [2.05, 4.69) is 22.3 Å². The van der Waals surface area contributed by atoms with Crippen molar-refractivity contribution in [3.05, 3.63) is 72.5 Å². The van der Waals surface area contributed by atoms with E-state index in [4.69, 9.17) is 10.1 Å². The van der Waals surface area contributed by atoms with Gasteiger partial charge in [-0.1, -0.05) is 42.5 Å². The maximum atomic E-state index is 13.7. The lowest BCUT2D eigenvalue weighted by Crippen LogP contribution is -2.22. The number of likely N-dealkylation sites (tertiary alicyclic amines) is 1. The van der Waals surface area contributed by atoms with E-state index in [9.17, 15) is 4.39 Å². The zero-order valence-electron chi connectivity index (χ0n) is 17.5. The summed E-state index contributed by atoms with van der Waals surface area (Å²) in [5.41, 5.74) is 4.13. The van der Waals surface area contributed by atoms with Crippen molar-refractivity contribution in [3.8, 4) is 22.5 Å². The Hall–Kier alpha value is -3.25. The highest BCUT2D eigenvalue weighted by Crippen LogP contribution is 2.26. The number of aromatic nitrogens is 3. The molecule has 31 heavy (non-hydrogen) atoms. The van der Waals surface area contributed by atoms with Gasteiger partial charge in [-0.3, -0.25) is 0 Å². The molecule has 4 aromatic rings. The first kappa shape index (κ1) is 19.7. The molecule has 5 rings (SSSR count). The third kappa shape index (κ3) is 4.44. The molecule has 0 atom stereocenters. The van der Waals surface area contributed by atoms with Crippen molar-refractivity contribution in [2.24, 2.45) is 0 Å². The average molecular weight is 416 g/mol. The Morgan fingerprint density at radius 3 is 2.48 bits per heavy atom. The Balaban J connectivity index is 1.46. The normalized spacial score (nSPS) is 14.4. The summed E-state index contributed by atoms with van der Waals surface area (Å²) < 4.78 is 15.6. The Morgan fingerprint density at radius 1 is 0.871 bits per heavy atom. The Kier molecular flexibility index (Phi) is 5.63. The van der Waals surface area contributed by atoms with Crippen molar-refractivity contribution in [1.82, 2.24) is 19.5 Å². The molecule has 1 aliphatic heterocycles. The molecule has 0 amide bonds. The molecular formula is C25H26FN5. The Labute approximate surface area is 181 Å². The van der Waals surface area contributed by atoms with E-state index in [1.165, 1.54) is 38.1 Å². The second-order valence-corrected chi connectivity index (χ2v) is 8.03. The second-order valence-electron chi connectivity index (χ2n) is 8.03. The standard InChI is InChI=1S/C25H26FN5/c26-21-11-6-10-20(16-21)23-18-25-28-22(19-8-2-1-3-9-19)17-24(31(25)29-23)27-12-7-15-30-13-4-5-14-30/h1-3,6,8-11,16-18,27H,4-5,7,12-15H2. The third-order valence-corrected chi connectivity index (χ3v) is 5.77. The Bertz CT molecular complexity index is 1170. The monoisotopic (exact) mass is 415 g/mol. The lowest BCUT2D eigenvalue weighted by atomic mass is 10.1. The van der Waals surface area contributed by atoms with Crippen LogP contribution in [0.4, 0.5) is 10.2 Å². The van der Waals surface area contributed by atoms with E-state index in [1.807, 2.05) is 40.9 Å². The van der Waals surface area contributed by atoms with E-state index >= 15 is 0 Å². The molecule has 0 spiro atoms. The smallest absolute Gasteiger partial charge is 0.158 e. The number of anilines is 1. The topological polar surface area (TPSA) is 45.5 Å². The second kappa shape index (κ2) is 8.86. The van der Waals surface area contributed by atoms with Gasteiger partial charge in [0.15, 0.2) is 5.65 Å². The summed E-state index contributed by atoms with van der Waals surface area (Å²) in [4.78, 5) is 7.35. The van der Waals surface area contributed by atoms with Gasteiger partial charge in [0.1, 0.15) is 11.6 Å². The molecule has 158 valence electrons. The van der Waals surface area contributed by atoms with E-state index in [-0.39, 0.29) is 5.82 Å². The van der Waals surface area contributed by atoms with Crippen LogP contribution in [0.5, 0.6) is 0 Å². The summed E-state index contributed by atoms with van der Waals surface area (Å²) in [6.45, 7) is 4.40. The van der Waals surface area contributed by atoms with E-state index < -0.39 is 0 Å². The number of rotatable bonds is 7. The van der Waals surface area contributed by atoms with Crippen LogP contribution in [0.1, 0.15) is 19.3 Å². The molecule has 1 saturated heterocycles. The van der Waals surface area contributed by atoms with Crippen LogP contribution in [-0.4, -0.2) is 45.7 Å². The summed E-state index contributed by atoms with van der Waals surface area (Å²) >= 11 is 0. The minimum Gasteiger partial charge on any atom is -0.370 e. The maximum Gasteiger partial charge on any atom is 0.158 e. The number of halogens is 1. The van der Waals surface area contributed by atoms with Gasteiger partial charge in [0.25, 0.3) is 0 Å². The summed E-state index contributed by atoms with van der Waals surface area (Å²) in [5, 5.41) is 8.29. The van der Waals surface area contributed by atoms with Crippen LogP contribution < -0.4 is 5.32 Å². The highest BCUT2D eigenvalue weighted by Gasteiger charge is 2.13. The quantitative estimate of drug-likeness (QED) is 0.427. The minimum absolute atomic E-state index is 0.271. The fourth-order valence-electron chi connectivity index (χ4n) is 4.17. The summed E-state index contributed by atoms with van der Waals surface area (Å²) in [6.07, 6.45) is 3.70. The third-order valence-electron chi connectivity index (χ3n) is 5.77. The van der Waals surface area contributed by atoms with Crippen LogP contribution in [0.25, 0.3) is 28.2 Å². The van der Waals surface area contributed by atoms with Crippen LogP contribution in [0.2, 0.25) is 0 Å². The molecule has 0 radical (unpaired) electrons. The van der Waals surface area contributed by atoms with Gasteiger partial charge in [0, 0.05) is 29.8 Å². The van der Waals surface area contributed by atoms with Gasteiger partial charge in [-0.05, 0) is 51.0 Å². The Morgan fingerprint density at radius 2 is 1.68 bits per heavy atom. The number of hydrogen-bond acceptors (Lipinski definition) is 4. The first-order valence-electron chi connectivity index (χ1n) is 10.9. The van der Waals surface area contributed by atoms with Gasteiger partial charge in [-0.2, -0.15) is 9.61 Å². The van der Waals surface area contributed by atoms with Crippen molar-refractivity contribution < 1.29 is 4.39 Å². The number of fused-ring (bicyclic) bond motifs is 1. The van der Waals surface area contributed by atoms with Gasteiger partial charge >= 0.3 is 0 Å². The minimum atomic E-state index is -0.271. The first-order valence-corrected chi connectivity index (χ1v) is 10.9. The lowest BCUT2D eigenvalue weighted by Gasteiger charge is -2.15. The van der Waals surface area contributed by atoms with Gasteiger partial charge in [0.2, 0.25) is 0 Å². The van der Waals surface area contributed by atoms with Crippen molar-refractivity contribution in [2.75, 3.05) is 31.5 Å². The highest BCUT2D eigenvalue weighted by atomic mass is 19.1. The predicted molar refractivity (Wildman–Crippen MR) is 123 cm³/mol. The van der Waals surface area contributed by atoms with Crippen LogP contribution in [-0.2, 0) is 0 Å². The molecule has 1 aliphatic rings. The van der Waals surface area contributed by atoms with Gasteiger partial charge in [0.05, 0.1) is 11.4 Å². The molecule has 0 bridgehead atoms. The average Bonchev–Trinajstić information content (AvgIpc) is 3.47. The SMILES string of the molecule is Fc1cccc(-c2cc3nc(-c4ccccc4)cc(NCCCN4CCCC4)n3n2)c1. The molecule has 1 fully saturated rings. The fraction of sp³-hybridized carbons (Fsp3) is 0.280. The fourth-order valence-corrected chi connectivity index (χ4v) is 4.17. The predicted octanol–water partition coefficient (Wildman–Crippen LogP) is 5.10. The van der Waals surface area contributed by atoms with Crippen molar-refractivity contribution in [2.45, 2.75) is 19.3 Å². The molecule has 6 heteroatoms. The van der Waals surface area contributed by atoms with Crippen molar-refractivity contribution in [3.63, 3.8) is 0 Å². The molecule has 1 N–H and O–H groups in total. The number of nitrogens with zero attached hydrogens (tertiary/aromatic N) is 4. The van der Waals surface area contributed by atoms with Gasteiger partial charge in [-0.25, -0.2) is 9.37 Å². The highest BCUT2D eigenvalue weighted by molar-refractivity contribution is 5.70. The van der Waals surface area contributed by atoms with Gasteiger partial charge < -0.3 is 10.2 Å². The maximum absolute atomic E-state index is 13.7. The molecule has 3 heterocycles. The van der Waals surface area contributed by atoms with Crippen LogP contribution >= 0.6 is 0 Å². The van der Waals surface area contributed by atoms with Crippen LogP contribution in [0.3, 0.4) is 0 Å². The van der Waals surface area contributed by atoms with Crippen LogP contribution in [0, 0.1) is 5.82 Å². The number of benzene rings is 2. The van der Waals surface area contributed by atoms with E-state index in [0.717, 1.165) is 47.8 Å². The zero-order chi connectivity index (χ0) is 21.0. The summed E-state index contributed by atoms with van der Waals surface area (Å²) in [6, 6.07) is 20.6. The summed E-state index contributed by atoms with van der Waals surface area (Å²) in [5.74, 6) is 0.626. The van der Waals surface area contributed by atoms with Crippen molar-refractivity contribution in [1.29, 1.82) is 0 Å². The summed E-state index contributed by atoms with van der Waals surface area (Å²) in [7, 11) is 0. The van der Waals surface area contributed by atoms with Crippen LogP contribution in [0.15, 0.2) is 66.7 Å². The van der Waals surface area contributed by atoms with E-state index in [1.54, 1.807) is 6.07 Å². The van der Waals surface area contributed by atoms with E-state index in [0.29, 0.717) is 5.69 Å². The zero-order valence-corrected chi connectivity index (χ0v) is 17.5. The van der Waals surface area contributed by atoms with Gasteiger partial charge in [-0.15, -0.1) is 0 Å². The molecular weight excluding hydrogens is 389 g/mol. The molecule has 0 saturated carbocycles. The molecule has 0 aliphatic carbocycles. The molecule has 2 aromatic carbocycles. The molecule has 5 nitrogen and oxygen atoms in total. The number of nitrogens with one attached hydrogen (secondary N) is 1. The number of hydrogen-bond donors (Lipinski definition) is 1. The lowest BCUT2D eigenvalue weighted by molar-refractivity contribution is 0.337. The first-order chi connectivity index (χ1) is 15.3.